The Morgan fingerprint density at radius 3 is 2.82 bits per heavy atom. The first kappa shape index (κ1) is 12.7. The Labute approximate surface area is 108 Å². The van der Waals surface area contributed by atoms with E-state index in [4.69, 9.17) is 16.3 Å². The minimum Gasteiger partial charge on any atom is -0.495 e. The van der Waals surface area contributed by atoms with Gasteiger partial charge in [0.25, 0.3) is 0 Å². The Balaban J connectivity index is 2.35. The maximum atomic E-state index is 6.19. The van der Waals surface area contributed by atoms with Crippen LogP contribution in [0.5, 0.6) is 5.75 Å². The predicted octanol–water partition coefficient (Wildman–Crippen LogP) is 2.10. The third-order valence-electron chi connectivity index (χ3n) is 3.71. The molecule has 0 spiro atoms. The zero-order chi connectivity index (χ0) is 12.5. The van der Waals surface area contributed by atoms with Crippen molar-refractivity contribution in [1.82, 2.24) is 10.2 Å². The van der Waals surface area contributed by atoms with Crippen molar-refractivity contribution < 1.29 is 4.74 Å². The van der Waals surface area contributed by atoms with Crippen molar-refractivity contribution in [3.8, 4) is 5.75 Å². The number of nitrogens with zero attached hydrogens (tertiary/aromatic N) is 1. The van der Waals surface area contributed by atoms with Crippen LogP contribution in [-0.2, 0) is 5.54 Å². The van der Waals surface area contributed by atoms with E-state index in [1.165, 1.54) is 5.56 Å². The number of halogens is 1. The average molecular weight is 255 g/mol. The lowest BCUT2D eigenvalue weighted by molar-refractivity contribution is 0.104. The fourth-order valence-corrected chi connectivity index (χ4v) is 2.54. The van der Waals surface area contributed by atoms with Crippen molar-refractivity contribution in [3.63, 3.8) is 0 Å². The van der Waals surface area contributed by atoms with E-state index in [1.54, 1.807) is 7.11 Å². The van der Waals surface area contributed by atoms with E-state index in [-0.39, 0.29) is 5.54 Å². The van der Waals surface area contributed by atoms with E-state index in [1.807, 2.05) is 12.1 Å². The highest BCUT2D eigenvalue weighted by Gasteiger charge is 2.33. The summed E-state index contributed by atoms with van der Waals surface area (Å²) < 4.78 is 5.19. The minimum atomic E-state index is -0.00579. The molecule has 0 radical (unpaired) electrons. The molecule has 0 amide bonds. The summed E-state index contributed by atoms with van der Waals surface area (Å²) in [6.07, 6.45) is 0. The maximum Gasteiger partial charge on any atom is 0.137 e. The van der Waals surface area contributed by atoms with Gasteiger partial charge < -0.3 is 10.1 Å². The number of ether oxygens (including phenoxy) is 1. The lowest BCUT2D eigenvalue weighted by Gasteiger charge is -2.43. The van der Waals surface area contributed by atoms with Gasteiger partial charge in [-0.3, -0.25) is 4.90 Å². The quantitative estimate of drug-likeness (QED) is 0.875. The molecule has 3 nitrogen and oxygen atoms in total. The molecule has 1 N–H and O–H groups in total. The van der Waals surface area contributed by atoms with Crippen molar-refractivity contribution in [2.24, 2.45) is 0 Å². The Kier molecular flexibility index (Phi) is 3.61. The first-order chi connectivity index (χ1) is 8.08. The molecule has 4 heteroatoms. The van der Waals surface area contributed by atoms with Gasteiger partial charge in [-0.05, 0) is 31.7 Å². The van der Waals surface area contributed by atoms with Crippen LogP contribution in [0.4, 0.5) is 0 Å². The van der Waals surface area contributed by atoms with Crippen LogP contribution in [0.15, 0.2) is 18.2 Å². The Bertz CT molecular complexity index is 410. The van der Waals surface area contributed by atoms with Gasteiger partial charge in [0.15, 0.2) is 0 Å². The van der Waals surface area contributed by atoms with Crippen LogP contribution in [0.3, 0.4) is 0 Å². The SMILES string of the molecule is COc1ccc(C2(C)CNCCN2C)cc1Cl. The first-order valence-electron chi connectivity index (χ1n) is 5.84. The molecule has 0 bridgehead atoms. The second-order valence-corrected chi connectivity index (χ2v) is 5.13. The van der Waals surface area contributed by atoms with Crippen molar-refractivity contribution in [2.75, 3.05) is 33.8 Å². The third-order valence-corrected chi connectivity index (χ3v) is 4.00. The predicted molar refractivity (Wildman–Crippen MR) is 70.9 cm³/mol. The van der Waals surface area contributed by atoms with Crippen LogP contribution < -0.4 is 10.1 Å². The number of methoxy groups -OCH3 is 1. The van der Waals surface area contributed by atoms with Crippen LogP contribution in [0, 0.1) is 0 Å². The molecular weight excluding hydrogens is 236 g/mol. The van der Waals surface area contributed by atoms with Gasteiger partial charge in [-0.25, -0.2) is 0 Å². The normalized spacial score (nSPS) is 25.9. The largest absolute Gasteiger partial charge is 0.495 e. The molecule has 0 aliphatic carbocycles. The molecule has 0 saturated carbocycles. The van der Waals surface area contributed by atoms with E-state index >= 15 is 0 Å². The molecular formula is C13H19ClN2O. The van der Waals surface area contributed by atoms with Crippen molar-refractivity contribution >= 4 is 11.6 Å². The average Bonchev–Trinajstić information content (AvgIpc) is 2.33. The Morgan fingerprint density at radius 1 is 1.47 bits per heavy atom. The van der Waals surface area contributed by atoms with Gasteiger partial charge in [0, 0.05) is 19.6 Å². The number of hydrogen-bond donors (Lipinski definition) is 1. The molecule has 17 heavy (non-hydrogen) atoms. The molecule has 1 aromatic rings. The first-order valence-corrected chi connectivity index (χ1v) is 6.22. The van der Waals surface area contributed by atoms with E-state index in [9.17, 15) is 0 Å². The van der Waals surface area contributed by atoms with Crippen LogP contribution >= 0.6 is 11.6 Å². The summed E-state index contributed by atoms with van der Waals surface area (Å²) in [5.41, 5.74) is 1.21. The van der Waals surface area contributed by atoms with Gasteiger partial charge in [-0.15, -0.1) is 0 Å². The Morgan fingerprint density at radius 2 is 2.24 bits per heavy atom. The summed E-state index contributed by atoms with van der Waals surface area (Å²) in [6, 6.07) is 6.03. The van der Waals surface area contributed by atoms with Crippen molar-refractivity contribution in [2.45, 2.75) is 12.5 Å². The van der Waals surface area contributed by atoms with E-state index < -0.39 is 0 Å². The molecule has 1 fully saturated rings. The van der Waals surface area contributed by atoms with Gasteiger partial charge in [0.1, 0.15) is 5.75 Å². The summed E-state index contributed by atoms with van der Waals surface area (Å²) in [4.78, 5) is 2.36. The maximum absolute atomic E-state index is 6.19. The van der Waals surface area contributed by atoms with Gasteiger partial charge in [0.2, 0.25) is 0 Å². The van der Waals surface area contributed by atoms with Gasteiger partial charge in [-0.2, -0.15) is 0 Å². The summed E-state index contributed by atoms with van der Waals surface area (Å²) in [5, 5.41) is 4.11. The fraction of sp³-hybridized carbons (Fsp3) is 0.538. The summed E-state index contributed by atoms with van der Waals surface area (Å²) in [5.74, 6) is 0.727. The zero-order valence-corrected chi connectivity index (χ0v) is 11.3. The number of benzene rings is 1. The molecule has 1 aliphatic rings. The third kappa shape index (κ3) is 2.28. The highest BCUT2D eigenvalue weighted by molar-refractivity contribution is 6.32. The smallest absolute Gasteiger partial charge is 0.137 e. The molecule has 1 atom stereocenters. The van der Waals surface area contributed by atoms with Crippen LogP contribution in [-0.4, -0.2) is 38.7 Å². The molecule has 1 unspecified atom stereocenters. The number of nitrogens with one attached hydrogen (secondary N) is 1. The zero-order valence-electron chi connectivity index (χ0n) is 10.6. The number of likely N-dealkylation sites (N-methyl/N-ethyl adjacent to an activating group) is 1. The summed E-state index contributed by atoms with van der Waals surface area (Å²) >= 11 is 6.19. The van der Waals surface area contributed by atoms with Gasteiger partial charge in [-0.1, -0.05) is 17.7 Å². The molecule has 2 rings (SSSR count). The molecule has 1 aromatic carbocycles. The topological polar surface area (TPSA) is 24.5 Å². The minimum absolute atomic E-state index is 0.00579. The van der Waals surface area contributed by atoms with E-state index in [2.05, 4.69) is 30.3 Å². The summed E-state index contributed by atoms with van der Waals surface area (Å²) in [7, 11) is 3.79. The molecule has 94 valence electrons. The lowest BCUT2D eigenvalue weighted by Crippen LogP contribution is -2.55. The molecule has 1 heterocycles. The van der Waals surface area contributed by atoms with Crippen LogP contribution in [0.25, 0.3) is 0 Å². The second kappa shape index (κ2) is 4.84. The highest BCUT2D eigenvalue weighted by Crippen LogP contribution is 2.33. The summed E-state index contributed by atoms with van der Waals surface area (Å²) in [6.45, 7) is 5.25. The monoisotopic (exact) mass is 254 g/mol. The van der Waals surface area contributed by atoms with E-state index in [0.717, 1.165) is 25.4 Å². The highest BCUT2D eigenvalue weighted by atomic mass is 35.5. The standard InChI is InChI=1S/C13H19ClN2O/c1-13(9-15-6-7-16(13)2)10-4-5-12(17-3)11(14)8-10/h4-5,8,15H,6-7,9H2,1-3H3. The molecule has 1 saturated heterocycles. The van der Waals surface area contributed by atoms with Crippen molar-refractivity contribution in [1.29, 1.82) is 0 Å². The lowest BCUT2D eigenvalue weighted by atomic mass is 9.88. The molecule has 1 aliphatic heterocycles. The second-order valence-electron chi connectivity index (χ2n) is 4.72. The number of hydrogen-bond acceptors (Lipinski definition) is 3. The van der Waals surface area contributed by atoms with Crippen LogP contribution in [0.1, 0.15) is 12.5 Å². The van der Waals surface area contributed by atoms with Gasteiger partial charge >= 0.3 is 0 Å². The fourth-order valence-electron chi connectivity index (χ4n) is 2.28. The number of piperazine rings is 1. The van der Waals surface area contributed by atoms with Gasteiger partial charge in [0.05, 0.1) is 17.7 Å². The van der Waals surface area contributed by atoms with Crippen molar-refractivity contribution in [3.05, 3.63) is 28.8 Å². The number of rotatable bonds is 2. The van der Waals surface area contributed by atoms with Crippen LogP contribution in [0.2, 0.25) is 5.02 Å². The molecule has 0 aromatic heterocycles. The Hall–Kier alpha value is -0.770. The van der Waals surface area contributed by atoms with E-state index in [0.29, 0.717) is 5.02 Å².